The monoisotopic (exact) mass is 486 g/mol. The minimum Gasteiger partial charge on any atom is -0.372 e. The number of allylic oxidation sites excluding steroid dienone is 2. The first-order valence-corrected chi connectivity index (χ1v) is 14.1. The molecule has 3 nitrogen and oxygen atoms in total. The molecule has 0 spiro atoms. The Balaban J connectivity index is 1.78. The van der Waals surface area contributed by atoms with Crippen molar-refractivity contribution < 1.29 is 4.79 Å². The normalized spacial score (nSPS) is 18.1. The summed E-state index contributed by atoms with van der Waals surface area (Å²) in [5.41, 5.74) is 6.62. The summed E-state index contributed by atoms with van der Waals surface area (Å²) in [5.74, 6) is 0.673. The molecule has 2 aromatic rings. The number of ketones is 1. The number of carbonyl (C=O) groups is 1. The number of rotatable bonds is 12. The maximum absolute atomic E-state index is 13.4. The summed E-state index contributed by atoms with van der Waals surface area (Å²) >= 11 is 0. The average Bonchev–Trinajstić information content (AvgIpc) is 2.87. The molecule has 3 rings (SSSR count). The molecule has 194 valence electrons. The highest BCUT2D eigenvalue weighted by atomic mass is 16.1. The predicted octanol–water partition coefficient (Wildman–Crippen LogP) is 8.41. The fourth-order valence-electron chi connectivity index (χ4n) is 5.25. The fourth-order valence-corrected chi connectivity index (χ4v) is 5.25. The number of hydrogen-bond acceptors (Lipinski definition) is 3. The first-order chi connectivity index (χ1) is 17.5. The summed E-state index contributed by atoms with van der Waals surface area (Å²) < 4.78 is 0. The van der Waals surface area contributed by atoms with Gasteiger partial charge in [0.25, 0.3) is 0 Å². The number of anilines is 2. The van der Waals surface area contributed by atoms with Gasteiger partial charge < -0.3 is 9.80 Å². The number of benzene rings is 2. The van der Waals surface area contributed by atoms with E-state index in [1.807, 2.05) is 0 Å². The Bertz CT molecular complexity index is 923. The molecule has 0 atom stereocenters. The molecule has 1 fully saturated rings. The van der Waals surface area contributed by atoms with Crippen LogP contribution in [0.1, 0.15) is 84.3 Å². The lowest BCUT2D eigenvalue weighted by molar-refractivity contribution is -0.113. The zero-order chi connectivity index (χ0) is 25.9. The Hall–Kier alpha value is -2.81. The van der Waals surface area contributed by atoms with Crippen molar-refractivity contribution in [2.24, 2.45) is 5.92 Å². The Morgan fingerprint density at radius 2 is 0.972 bits per heavy atom. The molecule has 0 saturated heterocycles. The maximum Gasteiger partial charge on any atom is 0.185 e. The van der Waals surface area contributed by atoms with Crippen molar-refractivity contribution in [3.05, 3.63) is 70.8 Å². The summed E-state index contributed by atoms with van der Waals surface area (Å²) in [6, 6.07) is 17.4. The highest BCUT2D eigenvalue weighted by molar-refractivity contribution is 6.14. The van der Waals surface area contributed by atoms with Gasteiger partial charge in [0.15, 0.2) is 5.78 Å². The molecule has 0 heterocycles. The van der Waals surface area contributed by atoms with Gasteiger partial charge >= 0.3 is 0 Å². The van der Waals surface area contributed by atoms with Crippen molar-refractivity contribution in [2.45, 2.75) is 73.1 Å². The predicted molar refractivity (Wildman–Crippen MR) is 158 cm³/mol. The summed E-state index contributed by atoms with van der Waals surface area (Å²) in [6.45, 7) is 15.5. The molecule has 1 aliphatic carbocycles. The van der Waals surface area contributed by atoms with Gasteiger partial charge in [-0.15, -0.1) is 0 Å². The van der Waals surface area contributed by atoms with Crippen LogP contribution in [0.15, 0.2) is 59.7 Å². The first-order valence-electron chi connectivity index (χ1n) is 14.1. The van der Waals surface area contributed by atoms with Crippen LogP contribution in [0.3, 0.4) is 0 Å². The number of Topliss-reactive ketones (excluding diaryl/α,β-unsaturated/α-hetero) is 1. The third-order valence-corrected chi connectivity index (χ3v) is 6.89. The molecular formula is C33H46N2O. The van der Waals surface area contributed by atoms with Gasteiger partial charge in [0.05, 0.1) is 0 Å². The zero-order valence-electron chi connectivity index (χ0n) is 23.2. The molecule has 1 saturated carbocycles. The van der Waals surface area contributed by atoms with Gasteiger partial charge in [0.1, 0.15) is 0 Å². The lowest BCUT2D eigenvalue weighted by atomic mass is 9.81. The van der Waals surface area contributed by atoms with Crippen LogP contribution in [0.25, 0.3) is 12.2 Å². The van der Waals surface area contributed by atoms with Gasteiger partial charge in [-0.25, -0.2) is 0 Å². The second-order valence-corrected chi connectivity index (χ2v) is 10.3. The molecule has 0 bridgehead atoms. The van der Waals surface area contributed by atoms with Crippen LogP contribution in [0.2, 0.25) is 0 Å². The van der Waals surface area contributed by atoms with Crippen molar-refractivity contribution in [3.63, 3.8) is 0 Å². The number of nitrogens with zero attached hydrogens (tertiary/aromatic N) is 2. The molecule has 0 amide bonds. The number of carbonyl (C=O) groups excluding carboxylic acids is 1. The van der Waals surface area contributed by atoms with Crippen molar-refractivity contribution >= 4 is 29.3 Å². The summed E-state index contributed by atoms with van der Waals surface area (Å²) in [7, 11) is 0. The van der Waals surface area contributed by atoms with E-state index < -0.39 is 0 Å². The van der Waals surface area contributed by atoms with E-state index in [4.69, 9.17) is 0 Å². The van der Waals surface area contributed by atoms with Gasteiger partial charge in [0, 0.05) is 48.7 Å². The van der Waals surface area contributed by atoms with Crippen molar-refractivity contribution in [1.82, 2.24) is 0 Å². The van der Waals surface area contributed by atoms with Gasteiger partial charge in [-0.3, -0.25) is 4.79 Å². The lowest BCUT2D eigenvalue weighted by Crippen LogP contribution is -2.24. The van der Waals surface area contributed by atoms with E-state index in [0.717, 1.165) is 87.0 Å². The summed E-state index contributed by atoms with van der Waals surface area (Å²) in [4.78, 5) is 18.3. The van der Waals surface area contributed by atoms with Gasteiger partial charge in [-0.2, -0.15) is 0 Å². The van der Waals surface area contributed by atoms with E-state index >= 15 is 0 Å². The molecule has 0 N–H and O–H groups in total. The van der Waals surface area contributed by atoms with Crippen LogP contribution in [-0.4, -0.2) is 32.0 Å². The second kappa shape index (κ2) is 14.1. The van der Waals surface area contributed by atoms with E-state index in [-0.39, 0.29) is 5.78 Å². The molecule has 36 heavy (non-hydrogen) atoms. The van der Waals surface area contributed by atoms with Crippen LogP contribution in [0, 0.1) is 5.92 Å². The minimum absolute atomic E-state index is 0.207. The SMILES string of the molecule is CCCN(CCC)c1ccc(C=C2CC(C)CC(=Cc3ccc(N(CCC)CCC)cc3)C2=O)cc1. The minimum atomic E-state index is 0.207. The lowest BCUT2D eigenvalue weighted by Gasteiger charge is -2.25. The third kappa shape index (κ3) is 7.59. The molecule has 0 aromatic heterocycles. The van der Waals surface area contributed by atoms with E-state index in [2.05, 4.69) is 105 Å². The summed E-state index contributed by atoms with van der Waals surface area (Å²) in [5, 5.41) is 0. The van der Waals surface area contributed by atoms with Crippen molar-refractivity contribution in [3.8, 4) is 0 Å². The van der Waals surface area contributed by atoms with E-state index in [1.165, 1.54) is 11.4 Å². The van der Waals surface area contributed by atoms with E-state index in [1.54, 1.807) is 0 Å². The highest BCUT2D eigenvalue weighted by Gasteiger charge is 2.25. The highest BCUT2D eigenvalue weighted by Crippen LogP contribution is 2.32. The van der Waals surface area contributed by atoms with Crippen LogP contribution in [0.4, 0.5) is 11.4 Å². The molecule has 2 aromatic carbocycles. The fraction of sp³-hybridized carbons (Fsp3) is 0.485. The van der Waals surface area contributed by atoms with Crippen molar-refractivity contribution in [1.29, 1.82) is 0 Å². The molecule has 0 unspecified atom stereocenters. The Morgan fingerprint density at radius 3 is 1.28 bits per heavy atom. The van der Waals surface area contributed by atoms with Crippen LogP contribution in [0.5, 0.6) is 0 Å². The Labute approximate surface area is 219 Å². The molecule has 0 aliphatic heterocycles. The largest absolute Gasteiger partial charge is 0.372 e. The van der Waals surface area contributed by atoms with Crippen molar-refractivity contribution in [2.75, 3.05) is 36.0 Å². The standard InChI is InChI=1S/C33H46N2O/c1-6-18-34(19-7-2)31-14-10-27(11-15-31)24-29-22-26(5)23-30(33(29)36)25-28-12-16-32(17-13-28)35(20-8-3)21-9-4/h10-17,24-26H,6-9,18-23H2,1-5H3. The Morgan fingerprint density at radius 1 is 0.639 bits per heavy atom. The van der Waals surface area contributed by atoms with Crippen LogP contribution in [-0.2, 0) is 4.79 Å². The average molecular weight is 487 g/mol. The van der Waals surface area contributed by atoms with Crippen LogP contribution < -0.4 is 9.80 Å². The smallest absolute Gasteiger partial charge is 0.185 e. The third-order valence-electron chi connectivity index (χ3n) is 6.89. The van der Waals surface area contributed by atoms with Gasteiger partial charge in [0.2, 0.25) is 0 Å². The molecule has 0 radical (unpaired) electrons. The quantitative estimate of drug-likeness (QED) is 0.281. The van der Waals surface area contributed by atoms with E-state index in [9.17, 15) is 4.79 Å². The second-order valence-electron chi connectivity index (χ2n) is 10.3. The Kier molecular flexibility index (Phi) is 10.8. The van der Waals surface area contributed by atoms with Gasteiger partial charge in [-0.1, -0.05) is 58.9 Å². The number of hydrogen-bond donors (Lipinski definition) is 0. The molecule has 1 aliphatic rings. The topological polar surface area (TPSA) is 23.6 Å². The zero-order valence-corrected chi connectivity index (χ0v) is 23.2. The first kappa shape index (κ1) is 27.8. The van der Waals surface area contributed by atoms with Crippen LogP contribution >= 0.6 is 0 Å². The maximum atomic E-state index is 13.4. The molecular weight excluding hydrogens is 440 g/mol. The van der Waals surface area contributed by atoms with Gasteiger partial charge in [-0.05, 0) is 92.0 Å². The molecule has 3 heteroatoms. The van der Waals surface area contributed by atoms with E-state index in [0.29, 0.717) is 5.92 Å². The summed E-state index contributed by atoms with van der Waals surface area (Å²) in [6.07, 6.45) is 10.5.